The fourth-order valence-electron chi connectivity index (χ4n) is 1.43. The van der Waals surface area contributed by atoms with Crippen molar-refractivity contribution in [1.82, 2.24) is 0 Å². The minimum Gasteiger partial charge on any atom is -0.478 e. The SMILES string of the molecule is O=C(O)c1ccc(Cl)c(Nc2ccccc2)c1. The van der Waals surface area contributed by atoms with Gasteiger partial charge in [0.1, 0.15) is 0 Å². The van der Waals surface area contributed by atoms with Gasteiger partial charge < -0.3 is 10.4 Å². The molecule has 2 N–H and O–H groups in total. The highest BCUT2D eigenvalue weighted by Crippen LogP contribution is 2.26. The van der Waals surface area contributed by atoms with Crippen LogP contribution in [0.5, 0.6) is 0 Å². The minimum atomic E-state index is -0.974. The third-order valence-corrected chi connectivity index (χ3v) is 2.60. The Balaban J connectivity index is 2.32. The summed E-state index contributed by atoms with van der Waals surface area (Å²) in [6.45, 7) is 0. The molecule has 0 aromatic heterocycles. The van der Waals surface area contributed by atoms with Gasteiger partial charge >= 0.3 is 5.97 Å². The van der Waals surface area contributed by atoms with E-state index in [0.717, 1.165) is 5.69 Å². The summed E-state index contributed by atoms with van der Waals surface area (Å²) in [6.07, 6.45) is 0. The van der Waals surface area contributed by atoms with E-state index < -0.39 is 5.97 Å². The van der Waals surface area contributed by atoms with Gasteiger partial charge in [0.25, 0.3) is 0 Å². The molecule has 0 unspecified atom stereocenters. The lowest BCUT2D eigenvalue weighted by Crippen LogP contribution is -1.98. The van der Waals surface area contributed by atoms with Crippen LogP contribution in [0.1, 0.15) is 10.4 Å². The van der Waals surface area contributed by atoms with Crippen LogP contribution in [-0.4, -0.2) is 11.1 Å². The first-order valence-corrected chi connectivity index (χ1v) is 5.39. The fraction of sp³-hybridized carbons (Fsp3) is 0. The lowest BCUT2D eigenvalue weighted by molar-refractivity contribution is 0.0697. The van der Waals surface area contributed by atoms with E-state index in [1.807, 2.05) is 30.3 Å². The van der Waals surface area contributed by atoms with Crippen molar-refractivity contribution in [3.05, 3.63) is 59.1 Å². The van der Waals surface area contributed by atoms with E-state index >= 15 is 0 Å². The zero-order chi connectivity index (χ0) is 12.3. The third kappa shape index (κ3) is 2.77. The molecule has 0 saturated heterocycles. The molecule has 17 heavy (non-hydrogen) atoms. The van der Waals surface area contributed by atoms with E-state index in [4.69, 9.17) is 16.7 Å². The van der Waals surface area contributed by atoms with Crippen LogP contribution < -0.4 is 5.32 Å². The van der Waals surface area contributed by atoms with Gasteiger partial charge in [-0.3, -0.25) is 0 Å². The van der Waals surface area contributed by atoms with Crippen molar-refractivity contribution in [2.45, 2.75) is 0 Å². The van der Waals surface area contributed by atoms with Crippen LogP contribution in [0.3, 0.4) is 0 Å². The first-order chi connectivity index (χ1) is 8.16. The molecule has 0 aliphatic heterocycles. The summed E-state index contributed by atoms with van der Waals surface area (Å²) < 4.78 is 0. The van der Waals surface area contributed by atoms with Gasteiger partial charge in [-0.1, -0.05) is 29.8 Å². The van der Waals surface area contributed by atoms with E-state index in [9.17, 15) is 4.79 Å². The van der Waals surface area contributed by atoms with Gasteiger partial charge in [0, 0.05) is 5.69 Å². The normalized spacial score (nSPS) is 9.94. The van der Waals surface area contributed by atoms with Crippen molar-refractivity contribution in [2.24, 2.45) is 0 Å². The van der Waals surface area contributed by atoms with E-state index in [0.29, 0.717) is 10.7 Å². The van der Waals surface area contributed by atoms with Gasteiger partial charge in [-0.15, -0.1) is 0 Å². The molecule has 0 heterocycles. The number of nitrogens with one attached hydrogen (secondary N) is 1. The lowest BCUT2D eigenvalue weighted by atomic mass is 10.2. The molecule has 3 nitrogen and oxygen atoms in total. The summed E-state index contributed by atoms with van der Waals surface area (Å²) in [7, 11) is 0. The number of benzene rings is 2. The van der Waals surface area contributed by atoms with E-state index in [1.165, 1.54) is 12.1 Å². The highest BCUT2D eigenvalue weighted by Gasteiger charge is 2.07. The minimum absolute atomic E-state index is 0.202. The second-order valence-electron chi connectivity index (χ2n) is 3.49. The summed E-state index contributed by atoms with van der Waals surface area (Å²) in [5, 5.41) is 12.5. The molecule has 0 aliphatic carbocycles. The average molecular weight is 248 g/mol. The monoisotopic (exact) mass is 247 g/mol. The van der Waals surface area contributed by atoms with Gasteiger partial charge in [0.05, 0.1) is 16.3 Å². The maximum absolute atomic E-state index is 10.8. The van der Waals surface area contributed by atoms with Crippen LogP contribution in [0, 0.1) is 0 Å². The molecule has 0 amide bonds. The zero-order valence-electron chi connectivity index (χ0n) is 8.85. The number of hydrogen-bond donors (Lipinski definition) is 2. The first-order valence-electron chi connectivity index (χ1n) is 5.02. The fourth-order valence-corrected chi connectivity index (χ4v) is 1.60. The quantitative estimate of drug-likeness (QED) is 0.868. The van der Waals surface area contributed by atoms with Gasteiger partial charge in [-0.2, -0.15) is 0 Å². The number of rotatable bonds is 3. The Morgan fingerprint density at radius 2 is 1.82 bits per heavy atom. The Bertz CT molecular complexity index is 540. The van der Waals surface area contributed by atoms with Crippen molar-refractivity contribution in [1.29, 1.82) is 0 Å². The second kappa shape index (κ2) is 4.89. The molecule has 0 saturated carbocycles. The summed E-state index contributed by atoms with van der Waals surface area (Å²) >= 11 is 6.00. The zero-order valence-corrected chi connectivity index (χ0v) is 9.61. The molecule has 86 valence electrons. The average Bonchev–Trinajstić information content (AvgIpc) is 2.33. The highest BCUT2D eigenvalue weighted by molar-refractivity contribution is 6.33. The molecule has 2 rings (SSSR count). The van der Waals surface area contributed by atoms with Crippen LogP contribution in [0.25, 0.3) is 0 Å². The topological polar surface area (TPSA) is 49.3 Å². The van der Waals surface area contributed by atoms with Gasteiger partial charge in [0.2, 0.25) is 0 Å². The van der Waals surface area contributed by atoms with Gasteiger partial charge in [-0.25, -0.2) is 4.79 Å². The number of halogens is 1. The lowest BCUT2D eigenvalue weighted by Gasteiger charge is -2.08. The molecule has 0 atom stereocenters. The number of hydrogen-bond acceptors (Lipinski definition) is 2. The smallest absolute Gasteiger partial charge is 0.335 e. The molecule has 2 aromatic carbocycles. The Labute approximate surface area is 104 Å². The van der Waals surface area contributed by atoms with Crippen molar-refractivity contribution in [3.8, 4) is 0 Å². The van der Waals surface area contributed by atoms with Crippen LogP contribution in [0.2, 0.25) is 5.02 Å². The molecule has 0 fully saturated rings. The van der Waals surface area contributed by atoms with Gasteiger partial charge in [0.15, 0.2) is 0 Å². The Morgan fingerprint density at radius 3 is 2.47 bits per heavy atom. The van der Waals surface area contributed by atoms with E-state index in [2.05, 4.69) is 5.32 Å². The number of aromatic carboxylic acids is 1. The molecule has 0 radical (unpaired) electrons. The molecule has 0 bridgehead atoms. The predicted octanol–water partition coefficient (Wildman–Crippen LogP) is 3.78. The van der Waals surface area contributed by atoms with Crippen LogP contribution in [-0.2, 0) is 0 Å². The van der Waals surface area contributed by atoms with Crippen molar-refractivity contribution < 1.29 is 9.90 Å². The van der Waals surface area contributed by atoms with Gasteiger partial charge in [-0.05, 0) is 30.3 Å². The van der Waals surface area contributed by atoms with E-state index in [1.54, 1.807) is 6.07 Å². The largest absolute Gasteiger partial charge is 0.478 e. The van der Waals surface area contributed by atoms with Crippen molar-refractivity contribution in [3.63, 3.8) is 0 Å². The summed E-state index contributed by atoms with van der Waals surface area (Å²) in [5.41, 5.74) is 1.64. The number of para-hydroxylation sites is 1. The number of anilines is 2. The van der Waals surface area contributed by atoms with Crippen LogP contribution >= 0.6 is 11.6 Å². The standard InChI is InChI=1S/C13H10ClNO2/c14-11-7-6-9(13(16)17)8-12(11)15-10-4-2-1-3-5-10/h1-8,15H,(H,16,17). The molecule has 0 aliphatic rings. The summed E-state index contributed by atoms with van der Waals surface area (Å²) in [4.78, 5) is 10.8. The molecule has 4 heteroatoms. The Morgan fingerprint density at radius 1 is 1.12 bits per heavy atom. The Kier molecular flexibility index (Phi) is 3.30. The molecular formula is C13H10ClNO2. The number of carboxylic acids is 1. The van der Waals surface area contributed by atoms with E-state index in [-0.39, 0.29) is 5.56 Å². The molecule has 2 aromatic rings. The summed E-state index contributed by atoms with van der Waals surface area (Å²) in [5.74, 6) is -0.974. The second-order valence-corrected chi connectivity index (χ2v) is 3.90. The molecular weight excluding hydrogens is 238 g/mol. The number of carboxylic acid groups (broad SMARTS) is 1. The predicted molar refractivity (Wildman–Crippen MR) is 68.1 cm³/mol. The Hall–Kier alpha value is -2.00. The number of carbonyl (C=O) groups is 1. The summed E-state index contributed by atoms with van der Waals surface area (Å²) in [6, 6.07) is 14.0. The van der Waals surface area contributed by atoms with Crippen LogP contribution in [0.15, 0.2) is 48.5 Å². The highest BCUT2D eigenvalue weighted by atomic mass is 35.5. The first kappa shape index (κ1) is 11.5. The third-order valence-electron chi connectivity index (χ3n) is 2.27. The van der Waals surface area contributed by atoms with Crippen molar-refractivity contribution in [2.75, 3.05) is 5.32 Å². The maximum Gasteiger partial charge on any atom is 0.335 e. The van der Waals surface area contributed by atoms with Crippen LogP contribution in [0.4, 0.5) is 11.4 Å². The maximum atomic E-state index is 10.8. The van der Waals surface area contributed by atoms with Crippen molar-refractivity contribution >= 4 is 28.9 Å². The molecule has 0 spiro atoms.